The molecule has 29 heavy (non-hydrogen) atoms. The van der Waals surface area contributed by atoms with Gasteiger partial charge in [-0.1, -0.05) is 6.08 Å². The molecule has 2 aliphatic heterocycles. The molecule has 4 rings (SSSR count). The second kappa shape index (κ2) is 7.69. The molecule has 0 bridgehead atoms. The Bertz CT molecular complexity index is 924. The van der Waals surface area contributed by atoms with E-state index in [1.54, 1.807) is 6.92 Å². The third kappa shape index (κ3) is 3.52. The summed E-state index contributed by atoms with van der Waals surface area (Å²) < 4.78 is 21.4. The number of halogens is 3. The number of piperidine rings is 1. The van der Waals surface area contributed by atoms with Gasteiger partial charge < -0.3 is 15.4 Å². The zero-order chi connectivity index (χ0) is 20.9. The molecule has 6 nitrogen and oxygen atoms in total. The second-order valence-corrected chi connectivity index (χ2v) is 9.14. The van der Waals surface area contributed by atoms with Crippen LogP contribution >= 0.6 is 23.2 Å². The van der Waals surface area contributed by atoms with Gasteiger partial charge in [-0.05, 0) is 32.8 Å². The average Bonchev–Trinajstić information content (AvgIpc) is 2.96. The van der Waals surface area contributed by atoms with Gasteiger partial charge in [-0.15, -0.1) is 23.2 Å². The van der Waals surface area contributed by atoms with Crippen LogP contribution in [0.4, 0.5) is 10.2 Å². The summed E-state index contributed by atoms with van der Waals surface area (Å²) in [6, 6.07) is 1.45. The summed E-state index contributed by atoms with van der Waals surface area (Å²) in [7, 11) is 0. The van der Waals surface area contributed by atoms with E-state index in [0.29, 0.717) is 18.2 Å². The Morgan fingerprint density at radius 3 is 2.62 bits per heavy atom. The van der Waals surface area contributed by atoms with E-state index in [-0.39, 0.29) is 28.8 Å². The Morgan fingerprint density at radius 2 is 2.03 bits per heavy atom. The summed E-state index contributed by atoms with van der Waals surface area (Å²) in [5.74, 6) is 0.378. The molecule has 1 aromatic heterocycles. The SMILES string of the molecule is Cc1nc(N2CCC3(CC2)CO[C@@H](C)[C@H]3N)cc(=O)n1C1=C(F)C=C[C@H](Cl)[C@@H]1Cl. The zero-order valence-electron chi connectivity index (χ0n) is 16.4. The number of aryl methyl sites for hydroxylation is 1. The number of aromatic nitrogens is 2. The quantitative estimate of drug-likeness (QED) is 0.712. The Kier molecular flexibility index (Phi) is 5.53. The number of hydrogen-bond acceptors (Lipinski definition) is 5. The van der Waals surface area contributed by atoms with Gasteiger partial charge in [0.2, 0.25) is 0 Å². The molecular weight excluding hydrogens is 418 g/mol. The summed E-state index contributed by atoms with van der Waals surface area (Å²) >= 11 is 12.4. The number of nitrogens with two attached hydrogens (primary N) is 1. The van der Waals surface area contributed by atoms with Crippen LogP contribution in [0.3, 0.4) is 0 Å². The molecule has 158 valence electrons. The maximum atomic E-state index is 14.4. The molecule has 0 saturated carbocycles. The molecular formula is C20H25Cl2FN4O2. The molecule has 1 aliphatic carbocycles. The van der Waals surface area contributed by atoms with Crippen LogP contribution in [-0.2, 0) is 4.74 Å². The molecule has 4 atom stereocenters. The van der Waals surface area contributed by atoms with Gasteiger partial charge >= 0.3 is 0 Å². The highest BCUT2D eigenvalue weighted by Gasteiger charge is 2.47. The zero-order valence-corrected chi connectivity index (χ0v) is 18.0. The third-order valence-corrected chi connectivity index (χ3v) is 7.46. The maximum absolute atomic E-state index is 14.4. The van der Waals surface area contributed by atoms with Crippen molar-refractivity contribution < 1.29 is 9.13 Å². The largest absolute Gasteiger partial charge is 0.376 e. The highest BCUT2D eigenvalue weighted by Crippen LogP contribution is 2.41. The van der Waals surface area contributed by atoms with Crippen molar-refractivity contribution in [1.29, 1.82) is 0 Å². The lowest BCUT2D eigenvalue weighted by atomic mass is 9.73. The van der Waals surface area contributed by atoms with Crippen LogP contribution in [-0.4, -0.2) is 52.1 Å². The fourth-order valence-electron chi connectivity index (χ4n) is 4.56. The molecule has 3 heterocycles. The molecule has 2 N–H and O–H groups in total. The number of nitrogens with zero attached hydrogens (tertiary/aromatic N) is 3. The minimum Gasteiger partial charge on any atom is -0.376 e. The van der Waals surface area contributed by atoms with Crippen LogP contribution in [0.15, 0.2) is 28.8 Å². The van der Waals surface area contributed by atoms with E-state index >= 15 is 0 Å². The van der Waals surface area contributed by atoms with Crippen LogP contribution < -0.4 is 16.2 Å². The van der Waals surface area contributed by atoms with Crippen LogP contribution in [0.1, 0.15) is 25.6 Å². The van der Waals surface area contributed by atoms with E-state index in [1.807, 2.05) is 6.92 Å². The fourth-order valence-corrected chi connectivity index (χ4v) is 5.04. The number of ether oxygens (including phenoxy) is 1. The van der Waals surface area contributed by atoms with Crippen LogP contribution in [0.25, 0.3) is 5.70 Å². The Hall–Kier alpha value is -1.41. The fraction of sp³-hybridized carbons (Fsp3) is 0.600. The Labute approximate surface area is 179 Å². The highest BCUT2D eigenvalue weighted by atomic mass is 35.5. The van der Waals surface area contributed by atoms with Crippen molar-refractivity contribution in [1.82, 2.24) is 9.55 Å². The van der Waals surface area contributed by atoms with Crippen LogP contribution in [0.5, 0.6) is 0 Å². The average molecular weight is 443 g/mol. The van der Waals surface area contributed by atoms with Crippen molar-refractivity contribution in [3.63, 3.8) is 0 Å². The van der Waals surface area contributed by atoms with E-state index in [1.165, 1.54) is 22.8 Å². The van der Waals surface area contributed by atoms with Crippen molar-refractivity contribution >= 4 is 34.7 Å². The predicted octanol–water partition coefficient (Wildman–Crippen LogP) is 2.81. The van der Waals surface area contributed by atoms with Gasteiger partial charge in [-0.2, -0.15) is 0 Å². The molecule has 0 aromatic carbocycles. The standard InChI is InChI=1S/C20H25Cl2FN4O2/c1-11-19(24)20(10-29-11)5-7-26(8-6-20)15-9-16(28)27(12(2)25-15)18-14(23)4-3-13(21)17(18)22/h3-4,9,11,13,17,19H,5-8,10,24H2,1-2H3/t11-,13-,17-,19+/m0/s1. The van der Waals surface area contributed by atoms with Gasteiger partial charge in [-0.25, -0.2) is 9.37 Å². The van der Waals surface area contributed by atoms with Crippen molar-refractivity contribution in [2.45, 2.75) is 49.6 Å². The summed E-state index contributed by atoms with van der Waals surface area (Å²) in [4.78, 5) is 19.5. The van der Waals surface area contributed by atoms with Crippen molar-refractivity contribution in [3.8, 4) is 0 Å². The van der Waals surface area contributed by atoms with E-state index in [0.717, 1.165) is 25.9 Å². The first-order valence-corrected chi connectivity index (χ1v) is 10.7. The van der Waals surface area contributed by atoms with Crippen LogP contribution in [0.2, 0.25) is 0 Å². The van der Waals surface area contributed by atoms with Gasteiger partial charge in [0.05, 0.1) is 29.2 Å². The smallest absolute Gasteiger partial charge is 0.260 e. The normalized spacial score (nSPS) is 31.7. The van der Waals surface area contributed by atoms with E-state index < -0.39 is 16.6 Å². The summed E-state index contributed by atoms with van der Waals surface area (Å²) in [6.45, 7) is 5.84. The number of anilines is 1. The van der Waals surface area contributed by atoms with Crippen molar-refractivity contribution in [3.05, 3.63) is 40.2 Å². The summed E-state index contributed by atoms with van der Waals surface area (Å²) in [6.07, 6.45) is 4.54. The van der Waals surface area contributed by atoms with Gasteiger partial charge in [0, 0.05) is 30.6 Å². The lowest BCUT2D eigenvalue weighted by Gasteiger charge is -2.41. The highest BCUT2D eigenvalue weighted by molar-refractivity contribution is 6.34. The molecule has 0 radical (unpaired) electrons. The molecule has 0 unspecified atom stereocenters. The second-order valence-electron chi connectivity index (χ2n) is 8.17. The molecule has 1 spiro atoms. The van der Waals surface area contributed by atoms with Gasteiger partial charge in [0.25, 0.3) is 5.56 Å². The summed E-state index contributed by atoms with van der Waals surface area (Å²) in [5.41, 5.74) is 6.03. The first kappa shape index (κ1) is 20.8. The van der Waals surface area contributed by atoms with Gasteiger partial charge in [0.15, 0.2) is 0 Å². The minimum atomic E-state index is -0.855. The Morgan fingerprint density at radius 1 is 1.34 bits per heavy atom. The first-order valence-electron chi connectivity index (χ1n) is 9.83. The number of allylic oxidation sites excluding steroid dienone is 4. The van der Waals surface area contributed by atoms with Crippen LogP contribution in [0, 0.1) is 12.3 Å². The lowest BCUT2D eigenvalue weighted by Crippen LogP contribution is -2.51. The number of alkyl halides is 2. The number of rotatable bonds is 2. The van der Waals surface area contributed by atoms with Crippen molar-refractivity contribution in [2.75, 3.05) is 24.6 Å². The molecule has 9 heteroatoms. The van der Waals surface area contributed by atoms with Gasteiger partial charge in [0.1, 0.15) is 17.5 Å². The molecule has 2 saturated heterocycles. The monoisotopic (exact) mass is 442 g/mol. The molecule has 1 aromatic rings. The molecule has 3 aliphatic rings. The minimum absolute atomic E-state index is 0.0104. The summed E-state index contributed by atoms with van der Waals surface area (Å²) in [5, 5.41) is -1.46. The number of hydrogen-bond donors (Lipinski definition) is 1. The molecule has 2 fully saturated rings. The first-order chi connectivity index (χ1) is 13.7. The van der Waals surface area contributed by atoms with Crippen molar-refractivity contribution in [2.24, 2.45) is 11.1 Å². The third-order valence-electron chi connectivity index (χ3n) is 6.46. The van der Waals surface area contributed by atoms with E-state index in [9.17, 15) is 9.18 Å². The van der Waals surface area contributed by atoms with Gasteiger partial charge in [-0.3, -0.25) is 9.36 Å². The molecule has 0 amide bonds. The predicted molar refractivity (Wildman–Crippen MR) is 113 cm³/mol. The lowest BCUT2D eigenvalue weighted by molar-refractivity contribution is 0.0974. The van der Waals surface area contributed by atoms with E-state index in [2.05, 4.69) is 9.88 Å². The van der Waals surface area contributed by atoms with E-state index in [4.69, 9.17) is 33.7 Å². The maximum Gasteiger partial charge on any atom is 0.260 e. The topological polar surface area (TPSA) is 73.4 Å². The Balaban J connectivity index is 1.59.